The highest BCUT2D eigenvalue weighted by molar-refractivity contribution is 5.21. The third kappa shape index (κ3) is 1.98. The zero-order chi connectivity index (χ0) is 12.6. The van der Waals surface area contributed by atoms with E-state index in [0.717, 1.165) is 0 Å². The average molecular weight is 240 g/mol. The van der Waals surface area contributed by atoms with Crippen LogP contribution in [-0.2, 0) is 6.42 Å². The van der Waals surface area contributed by atoms with Gasteiger partial charge >= 0.3 is 11.6 Å². The summed E-state index contributed by atoms with van der Waals surface area (Å²) in [5.41, 5.74) is 0. The maximum absolute atomic E-state index is 11.0. The Bertz CT molecular complexity index is 623. The quantitative estimate of drug-likeness (QED) is 0.812. The Labute approximate surface area is 95.8 Å². The van der Waals surface area contributed by atoms with E-state index in [1.807, 2.05) is 6.92 Å². The van der Waals surface area contributed by atoms with Crippen LogP contribution in [0.15, 0.2) is 27.3 Å². The van der Waals surface area contributed by atoms with E-state index in [1.165, 1.54) is 0 Å². The number of rotatable bonds is 3. The van der Waals surface area contributed by atoms with Crippen LogP contribution in [0, 0.1) is 6.92 Å². The second kappa shape index (κ2) is 4.12. The Balaban J connectivity index is 2.49. The first-order chi connectivity index (χ1) is 8.02. The third-order valence-corrected chi connectivity index (χ3v) is 2.56. The molecule has 2 heterocycles. The van der Waals surface area contributed by atoms with Gasteiger partial charge in [0.25, 0.3) is 0 Å². The minimum absolute atomic E-state index is 0.342. The molecule has 2 aromatic rings. The van der Waals surface area contributed by atoms with Crippen LogP contribution in [0.5, 0.6) is 0 Å². The van der Waals surface area contributed by atoms with Gasteiger partial charge in [-0.2, -0.15) is 0 Å². The zero-order valence-corrected chi connectivity index (χ0v) is 9.73. The first-order valence-corrected chi connectivity index (χ1v) is 5.26. The van der Waals surface area contributed by atoms with Crippen LogP contribution < -0.4 is 11.6 Å². The van der Waals surface area contributed by atoms with Crippen molar-refractivity contribution in [1.82, 2.24) is 0 Å². The van der Waals surface area contributed by atoms with Gasteiger partial charge < -0.3 is 17.7 Å². The van der Waals surface area contributed by atoms with E-state index in [1.54, 1.807) is 13.8 Å². The molecule has 0 aliphatic rings. The molecule has 0 bridgehead atoms. The molecule has 0 N–H and O–H groups in total. The molecule has 0 amide bonds. The predicted octanol–water partition coefficient (Wildman–Crippen LogP) is 1.80. The van der Waals surface area contributed by atoms with E-state index in [2.05, 4.69) is 0 Å². The molecular weight excluding hydrogens is 228 g/mol. The van der Waals surface area contributed by atoms with Crippen molar-refractivity contribution in [2.75, 3.05) is 0 Å². The van der Waals surface area contributed by atoms with Crippen LogP contribution in [0.1, 0.15) is 42.8 Å². The van der Waals surface area contributed by atoms with E-state index in [-0.39, 0.29) is 0 Å². The molecule has 0 fully saturated rings. The van der Waals surface area contributed by atoms with Crippen LogP contribution in [-0.4, -0.2) is 0 Å². The summed E-state index contributed by atoms with van der Waals surface area (Å²) >= 11 is 0. The molecule has 17 heavy (non-hydrogen) atoms. The molecule has 2 aromatic heterocycles. The number of hydrogen-bond acceptors (Lipinski definition) is 6. The van der Waals surface area contributed by atoms with E-state index in [4.69, 9.17) is 17.7 Å². The van der Waals surface area contributed by atoms with Gasteiger partial charge in [0.1, 0.15) is 5.76 Å². The van der Waals surface area contributed by atoms with Crippen LogP contribution in [0.3, 0.4) is 0 Å². The third-order valence-electron chi connectivity index (χ3n) is 2.56. The fraction of sp³-hybridized carbons (Fsp3) is 0.455. The normalized spacial score (nSPS) is 12.9. The topological polar surface area (TPSA) is 86.7 Å². The lowest BCUT2D eigenvalue weighted by Crippen LogP contribution is -1.99. The summed E-state index contributed by atoms with van der Waals surface area (Å²) in [5.74, 6) is -0.401. The summed E-state index contributed by atoms with van der Waals surface area (Å²) in [7, 11) is 0. The van der Waals surface area contributed by atoms with Gasteiger partial charge in [-0.1, -0.05) is 6.92 Å². The summed E-state index contributed by atoms with van der Waals surface area (Å²) in [6, 6.07) is 0. The predicted molar refractivity (Wildman–Crippen MR) is 56.1 cm³/mol. The van der Waals surface area contributed by atoms with Gasteiger partial charge in [0, 0.05) is 6.42 Å². The summed E-state index contributed by atoms with van der Waals surface area (Å²) < 4.78 is 19.5. The van der Waals surface area contributed by atoms with E-state index < -0.39 is 17.6 Å². The molecule has 92 valence electrons. The maximum Gasteiger partial charge on any atom is 0.519 e. The smallest absolute Gasteiger partial charge is 0.396 e. The second-order valence-corrected chi connectivity index (χ2v) is 3.69. The minimum Gasteiger partial charge on any atom is -0.396 e. The Hall–Kier alpha value is -1.98. The molecule has 0 saturated carbocycles. The van der Waals surface area contributed by atoms with Gasteiger partial charge in [-0.3, -0.25) is 0 Å². The lowest BCUT2D eigenvalue weighted by atomic mass is 10.0. The molecule has 0 radical (unpaired) electrons. The van der Waals surface area contributed by atoms with Crippen molar-refractivity contribution < 1.29 is 17.7 Å². The summed E-state index contributed by atoms with van der Waals surface area (Å²) in [5, 5.41) is 0. The van der Waals surface area contributed by atoms with Crippen molar-refractivity contribution in [2.45, 2.75) is 33.1 Å². The molecule has 0 aromatic carbocycles. The van der Waals surface area contributed by atoms with Crippen LogP contribution in [0.25, 0.3) is 0 Å². The minimum atomic E-state index is -0.770. The van der Waals surface area contributed by atoms with E-state index in [9.17, 15) is 9.59 Å². The van der Waals surface area contributed by atoms with Crippen LogP contribution in [0.2, 0.25) is 0 Å². The molecule has 0 saturated heterocycles. The monoisotopic (exact) mass is 240 g/mol. The second-order valence-electron chi connectivity index (χ2n) is 3.69. The van der Waals surface area contributed by atoms with Crippen LogP contribution >= 0.6 is 0 Å². The molecule has 6 nitrogen and oxygen atoms in total. The lowest BCUT2D eigenvalue weighted by molar-refractivity contribution is 0.348. The van der Waals surface area contributed by atoms with Gasteiger partial charge in [-0.15, -0.1) is 0 Å². The Morgan fingerprint density at radius 1 is 1.00 bits per heavy atom. The Morgan fingerprint density at radius 2 is 1.59 bits per heavy atom. The Morgan fingerprint density at radius 3 is 2.12 bits per heavy atom. The molecule has 0 spiro atoms. The SMILES string of the molecule is CCc1oc(=O)oc1C(C)c1oc(=O)oc1C. The summed E-state index contributed by atoms with van der Waals surface area (Å²) in [6.07, 6.45) is 0.520. The molecular formula is C11H12O6. The zero-order valence-electron chi connectivity index (χ0n) is 9.73. The standard InChI is InChI=1S/C11H12O6/c1-4-7-9(17-11(13)15-7)5(2)8-6(3)14-10(12)16-8/h5H,4H2,1-3H3. The van der Waals surface area contributed by atoms with Gasteiger partial charge in [0.05, 0.1) is 5.92 Å². The first kappa shape index (κ1) is 11.5. The lowest BCUT2D eigenvalue weighted by Gasteiger charge is -2.04. The fourth-order valence-electron chi connectivity index (χ4n) is 1.76. The first-order valence-electron chi connectivity index (χ1n) is 5.26. The van der Waals surface area contributed by atoms with Crippen molar-refractivity contribution in [3.8, 4) is 0 Å². The largest absolute Gasteiger partial charge is 0.519 e. The van der Waals surface area contributed by atoms with Gasteiger partial charge in [0.15, 0.2) is 17.3 Å². The van der Waals surface area contributed by atoms with Crippen LogP contribution in [0.4, 0.5) is 0 Å². The molecule has 2 rings (SSSR count). The molecule has 0 aliphatic heterocycles. The fourth-order valence-corrected chi connectivity index (χ4v) is 1.76. The highest BCUT2D eigenvalue weighted by Gasteiger charge is 2.25. The van der Waals surface area contributed by atoms with Gasteiger partial charge in [0.2, 0.25) is 0 Å². The molecule has 1 unspecified atom stereocenters. The highest BCUT2D eigenvalue weighted by atomic mass is 16.6. The van der Waals surface area contributed by atoms with E-state index >= 15 is 0 Å². The maximum atomic E-state index is 11.0. The highest BCUT2D eigenvalue weighted by Crippen LogP contribution is 2.28. The summed E-state index contributed by atoms with van der Waals surface area (Å²) in [6.45, 7) is 5.19. The van der Waals surface area contributed by atoms with Crippen molar-refractivity contribution >= 4 is 0 Å². The van der Waals surface area contributed by atoms with E-state index in [0.29, 0.717) is 29.5 Å². The average Bonchev–Trinajstić information content (AvgIpc) is 2.80. The number of aryl methyl sites for hydroxylation is 2. The van der Waals surface area contributed by atoms with Crippen molar-refractivity contribution in [3.63, 3.8) is 0 Å². The van der Waals surface area contributed by atoms with Crippen molar-refractivity contribution in [1.29, 1.82) is 0 Å². The Kier molecular flexibility index (Phi) is 2.79. The van der Waals surface area contributed by atoms with Gasteiger partial charge in [-0.25, -0.2) is 9.59 Å². The molecule has 0 aliphatic carbocycles. The van der Waals surface area contributed by atoms with Crippen molar-refractivity contribution in [2.24, 2.45) is 0 Å². The molecule has 6 heteroatoms. The summed E-state index contributed by atoms with van der Waals surface area (Å²) in [4.78, 5) is 22.0. The van der Waals surface area contributed by atoms with Gasteiger partial charge in [-0.05, 0) is 13.8 Å². The molecule has 1 atom stereocenters. The number of hydrogen-bond donors (Lipinski definition) is 0. The van der Waals surface area contributed by atoms with Crippen molar-refractivity contribution in [3.05, 3.63) is 44.3 Å².